The third-order valence-electron chi connectivity index (χ3n) is 17.4. The molecule has 0 aromatic rings. The highest BCUT2D eigenvalue weighted by atomic mass is 16.8. The van der Waals surface area contributed by atoms with Crippen LogP contribution in [0.25, 0.3) is 0 Å². The van der Waals surface area contributed by atoms with Gasteiger partial charge in [-0.15, -0.1) is 0 Å². The van der Waals surface area contributed by atoms with E-state index in [4.69, 9.17) is 28.4 Å². The van der Waals surface area contributed by atoms with Gasteiger partial charge in [-0.05, 0) is 77.0 Å². The van der Waals surface area contributed by atoms with Gasteiger partial charge < -0.3 is 89.9 Å². The molecule has 0 aliphatic carbocycles. The van der Waals surface area contributed by atoms with Crippen LogP contribution in [0, 0.1) is 0 Å². The minimum absolute atomic E-state index is 0.231. The summed E-state index contributed by atoms with van der Waals surface area (Å²) in [6.45, 7) is 1.53. The third-order valence-corrected chi connectivity index (χ3v) is 17.4. The Labute approximate surface area is 552 Å². The van der Waals surface area contributed by atoms with Crippen LogP contribution < -0.4 is 5.32 Å². The Morgan fingerprint density at radius 2 is 0.761 bits per heavy atom. The Balaban J connectivity index is 1.33. The van der Waals surface area contributed by atoms with Gasteiger partial charge in [-0.1, -0.05) is 240 Å². The number of carbonyl (C=O) groups excluding carboxylic acids is 1. The minimum atomic E-state index is -1.98. The van der Waals surface area contributed by atoms with Crippen molar-refractivity contribution in [2.24, 2.45) is 0 Å². The van der Waals surface area contributed by atoms with Crippen molar-refractivity contribution >= 4 is 5.91 Å². The molecule has 3 saturated heterocycles. The Morgan fingerprint density at radius 3 is 1.22 bits per heavy atom. The van der Waals surface area contributed by atoms with E-state index in [1.807, 2.05) is 6.08 Å². The highest BCUT2D eigenvalue weighted by Gasteiger charge is 2.53. The highest BCUT2D eigenvalue weighted by Crippen LogP contribution is 2.33. The molecule has 0 aromatic carbocycles. The molecule has 1 amide bonds. The van der Waals surface area contributed by atoms with E-state index in [1.165, 1.54) is 135 Å². The average molecular weight is 1310 g/mol. The molecule has 3 aliphatic heterocycles. The second-order valence-electron chi connectivity index (χ2n) is 25.3. The molecule has 3 fully saturated rings. The second kappa shape index (κ2) is 54.0. The molecule has 17 atom stereocenters. The molecule has 3 heterocycles. The van der Waals surface area contributed by atoms with Crippen LogP contribution in [0.1, 0.15) is 239 Å². The molecule has 17 unspecified atom stereocenters. The van der Waals surface area contributed by atoms with Gasteiger partial charge in [-0.25, -0.2) is 0 Å². The van der Waals surface area contributed by atoms with Crippen LogP contribution >= 0.6 is 0 Å². The van der Waals surface area contributed by atoms with Crippen molar-refractivity contribution in [3.8, 4) is 0 Å². The van der Waals surface area contributed by atoms with Gasteiger partial charge >= 0.3 is 0 Å². The van der Waals surface area contributed by atoms with E-state index in [9.17, 15) is 61.0 Å². The maximum atomic E-state index is 13.4. The maximum Gasteiger partial charge on any atom is 0.220 e. The predicted octanol–water partition coefficient (Wildman–Crippen LogP) is 9.88. The first-order valence-corrected chi connectivity index (χ1v) is 35.8. The van der Waals surface area contributed by atoms with Crippen LogP contribution in [-0.4, -0.2) is 193 Å². The first-order valence-electron chi connectivity index (χ1n) is 35.8. The third kappa shape index (κ3) is 35.3. The van der Waals surface area contributed by atoms with E-state index < -0.39 is 124 Å². The Bertz CT molecular complexity index is 2000. The molecule has 19 heteroatoms. The van der Waals surface area contributed by atoms with E-state index in [2.05, 4.69) is 92.1 Å². The summed E-state index contributed by atoms with van der Waals surface area (Å²) in [6, 6.07) is -0.997. The van der Waals surface area contributed by atoms with Crippen LogP contribution in [-0.2, 0) is 33.2 Å². The van der Waals surface area contributed by atoms with Gasteiger partial charge in [-0.3, -0.25) is 4.79 Å². The standard InChI is InChI=1S/C73H127NO18/c1-3-5-7-9-11-13-15-17-18-19-20-21-22-23-24-25-26-27-28-29-30-31-32-33-34-35-36-37-38-39-41-43-45-47-49-51-61(79)74-56(57(78)50-48-46-44-42-40-16-14-12-10-8-6-4-2)55-87-71-67(85)64(82)69(59(53-76)89-71)92-73-68(86)65(83)70(60(54-77)90-73)91-72-66(84)63(81)62(80)58(52-75)88-72/h5,7,10-13,17-18,20-21,40,42,48,50,56-60,62-73,75-78,80-86H,3-4,6,8-9,14-16,19,22-39,41,43-47,49,51-55H2,1-2H3,(H,74,79)/b7-5-,12-10+,13-11-,18-17-,21-20-,42-40+,50-48+. The van der Waals surface area contributed by atoms with Crippen molar-refractivity contribution in [2.45, 2.75) is 343 Å². The van der Waals surface area contributed by atoms with Crippen LogP contribution in [0.3, 0.4) is 0 Å². The van der Waals surface area contributed by atoms with Gasteiger partial charge in [0.05, 0.1) is 38.6 Å². The quantitative estimate of drug-likeness (QED) is 0.0199. The average Bonchev–Trinajstić information content (AvgIpc) is 0.830. The van der Waals surface area contributed by atoms with Gasteiger partial charge in [0.25, 0.3) is 0 Å². The SMILES string of the molecule is CC/C=C\C/C=C\C/C=C\C/C=C\CCCCCCCCCCCCCCCCCCCCCCCCC(=O)NC(COC1OC(CO)C(OC2OC(CO)C(OC3OC(CO)C(O)C(O)C3O)C(O)C2O)C(O)C1O)C(O)/C=C/CC/C=C/CC/C=C/CCCC. The topological polar surface area (TPSA) is 307 Å². The number of aliphatic hydroxyl groups is 11. The van der Waals surface area contributed by atoms with Crippen molar-refractivity contribution in [3.05, 3.63) is 85.1 Å². The Morgan fingerprint density at radius 1 is 0.402 bits per heavy atom. The van der Waals surface area contributed by atoms with Crippen molar-refractivity contribution < 1.29 is 89.4 Å². The van der Waals surface area contributed by atoms with E-state index in [-0.39, 0.29) is 18.9 Å². The summed E-state index contributed by atoms with van der Waals surface area (Å²) in [5.41, 5.74) is 0. The molecule has 12 N–H and O–H groups in total. The zero-order valence-electron chi connectivity index (χ0n) is 56.3. The number of allylic oxidation sites excluding steroid dienone is 13. The van der Waals surface area contributed by atoms with Crippen LogP contribution in [0.2, 0.25) is 0 Å². The van der Waals surface area contributed by atoms with Gasteiger partial charge in [0.15, 0.2) is 18.9 Å². The number of aliphatic hydroxyl groups excluding tert-OH is 11. The van der Waals surface area contributed by atoms with Crippen molar-refractivity contribution in [1.29, 1.82) is 0 Å². The number of amides is 1. The summed E-state index contributed by atoms with van der Waals surface area (Å²) in [6.07, 6.45) is 43.2. The summed E-state index contributed by atoms with van der Waals surface area (Å²) in [4.78, 5) is 13.4. The molecule has 3 aliphatic rings. The van der Waals surface area contributed by atoms with Gasteiger partial charge in [0.1, 0.15) is 73.2 Å². The molecule has 0 saturated carbocycles. The van der Waals surface area contributed by atoms with E-state index >= 15 is 0 Å². The summed E-state index contributed by atoms with van der Waals surface area (Å²) < 4.78 is 34.3. The largest absolute Gasteiger partial charge is 0.394 e. The van der Waals surface area contributed by atoms with Crippen molar-refractivity contribution in [1.82, 2.24) is 5.32 Å². The summed E-state index contributed by atoms with van der Waals surface area (Å²) >= 11 is 0. The normalized spacial score (nSPS) is 28.2. The number of nitrogens with one attached hydrogen (secondary N) is 1. The van der Waals surface area contributed by atoms with Crippen molar-refractivity contribution in [3.63, 3.8) is 0 Å². The number of rotatable bonds is 54. The highest BCUT2D eigenvalue weighted by molar-refractivity contribution is 5.76. The number of hydrogen-bond donors (Lipinski definition) is 12. The lowest BCUT2D eigenvalue weighted by atomic mass is 9.96. The second-order valence-corrected chi connectivity index (χ2v) is 25.3. The monoisotopic (exact) mass is 1310 g/mol. The summed E-state index contributed by atoms with van der Waals surface area (Å²) in [5.74, 6) is -0.291. The lowest BCUT2D eigenvalue weighted by Gasteiger charge is -2.48. The fourth-order valence-electron chi connectivity index (χ4n) is 11.6. The number of ether oxygens (including phenoxy) is 6. The maximum absolute atomic E-state index is 13.4. The fraction of sp³-hybridized carbons (Fsp3) is 0.795. The molecule has 19 nitrogen and oxygen atoms in total. The molecule has 0 spiro atoms. The lowest BCUT2D eigenvalue weighted by molar-refractivity contribution is -0.379. The predicted molar refractivity (Wildman–Crippen MR) is 360 cm³/mol. The summed E-state index contributed by atoms with van der Waals surface area (Å²) in [5, 5.41) is 120. The minimum Gasteiger partial charge on any atom is -0.394 e. The number of carbonyl (C=O) groups is 1. The van der Waals surface area contributed by atoms with Gasteiger partial charge in [0.2, 0.25) is 5.91 Å². The zero-order valence-corrected chi connectivity index (χ0v) is 56.3. The van der Waals surface area contributed by atoms with Crippen molar-refractivity contribution in [2.75, 3.05) is 26.4 Å². The zero-order chi connectivity index (χ0) is 66.8. The lowest BCUT2D eigenvalue weighted by Crippen LogP contribution is -2.66. The summed E-state index contributed by atoms with van der Waals surface area (Å²) in [7, 11) is 0. The smallest absolute Gasteiger partial charge is 0.220 e. The Hall–Kier alpha value is -3.03. The molecule has 532 valence electrons. The van der Waals surface area contributed by atoms with Gasteiger partial charge in [-0.2, -0.15) is 0 Å². The first-order chi connectivity index (χ1) is 44.8. The van der Waals surface area contributed by atoms with Crippen LogP contribution in [0.5, 0.6) is 0 Å². The Kier molecular flexibility index (Phi) is 48.9. The van der Waals surface area contributed by atoms with E-state index in [1.54, 1.807) is 6.08 Å². The fourth-order valence-corrected chi connectivity index (χ4v) is 11.6. The molecule has 0 aromatic heterocycles. The van der Waals surface area contributed by atoms with Crippen LogP contribution in [0.4, 0.5) is 0 Å². The van der Waals surface area contributed by atoms with E-state index in [0.29, 0.717) is 12.8 Å². The first kappa shape index (κ1) is 83.2. The molecular formula is C73H127NO18. The molecule has 92 heavy (non-hydrogen) atoms. The van der Waals surface area contributed by atoms with Crippen LogP contribution in [0.15, 0.2) is 85.1 Å². The molecule has 0 bridgehead atoms. The molecular weight excluding hydrogens is 1180 g/mol. The van der Waals surface area contributed by atoms with Gasteiger partial charge in [0, 0.05) is 6.42 Å². The number of unbranched alkanes of at least 4 members (excludes halogenated alkanes) is 26. The number of hydrogen-bond acceptors (Lipinski definition) is 18. The molecule has 0 radical (unpaired) electrons. The van der Waals surface area contributed by atoms with E-state index in [0.717, 1.165) is 70.6 Å². The molecule has 3 rings (SSSR count).